The highest BCUT2D eigenvalue weighted by Crippen LogP contribution is 2.24. The van der Waals surface area contributed by atoms with Crippen LogP contribution in [0.25, 0.3) is 11.1 Å². The molecule has 0 N–H and O–H groups in total. The van der Waals surface area contributed by atoms with Gasteiger partial charge in [-0.3, -0.25) is 4.79 Å². The largest absolute Gasteiger partial charge is 0.469 e. The SMILES string of the molecule is COC(=O)Cc1cc(-c2ccc(Cl)cc2)ccc1C. The zero-order valence-corrected chi connectivity index (χ0v) is 11.7. The molecule has 19 heavy (non-hydrogen) atoms. The number of carbonyl (C=O) groups is 1. The standard InChI is InChI=1S/C16H15ClO2/c1-11-3-4-13(9-14(11)10-16(18)19-2)12-5-7-15(17)8-6-12/h3-9H,10H2,1-2H3. The Morgan fingerprint density at radius 3 is 2.37 bits per heavy atom. The fourth-order valence-corrected chi connectivity index (χ4v) is 2.04. The summed E-state index contributed by atoms with van der Waals surface area (Å²) in [5.74, 6) is -0.226. The number of rotatable bonds is 3. The maximum atomic E-state index is 11.4. The molecule has 2 rings (SSSR count). The Kier molecular flexibility index (Phi) is 4.23. The van der Waals surface area contributed by atoms with Gasteiger partial charge in [0.1, 0.15) is 0 Å². The van der Waals surface area contributed by atoms with Gasteiger partial charge in [0.05, 0.1) is 13.5 Å². The van der Waals surface area contributed by atoms with Crippen molar-refractivity contribution >= 4 is 17.6 Å². The van der Waals surface area contributed by atoms with Gasteiger partial charge in [-0.25, -0.2) is 0 Å². The van der Waals surface area contributed by atoms with Gasteiger partial charge in [-0.2, -0.15) is 0 Å². The van der Waals surface area contributed by atoms with E-state index < -0.39 is 0 Å². The van der Waals surface area contributed by atoms with Crippen molar-refractivity contribution in [3.05, 3.63) is 58.6 Å². The van der Waals surface area contributed by atoms with Crippen molar-refractivity contribution in [3.8, 4) is 11.1 Å². The normalized spacial score (nSPS) is 10.3. The van der Waals surface area contributed by atoms with Gasteiger partial charge in [-0.1, -0.05) is 41.9 Å². The predicted octanol–water partition coefficient (Wildman–Crippen LogP) is 4.03. The number of esters is 1. The molecule has 2 aromatic carbocycles. The average molecular weight is 275 g/mol. The number of ether oxygens (including phenoxy) is 1. The minimum atomic E-state index is -0.226. The summed E-state index contributed by atoms with van der Waals surface area (Å²) >= 11 is 5.88. The van der Waals surface area contributed by atoms with Crippen LogP contribution in [0.3, 0.4) is 0 Å². The number of carbonyl (C=O) groups excluding carboxylic acids is 1. The van der Waals surface area contributed by atoms with Crippen LogP contribution < -0.4 is 0 Å². The molecule has 0 aliphatic carbocycles. The molecule has 0 aromatic heterocycles. The van der Waals surface area contributed by atoms with Crippen LogP contribution in [-0.4, -0.2) is 13.1 Å². The van der Waals surface area contributed by atoms with Crippen LogP contribution in [0.15, 0.2) is 42.5 Å². The Labute approximate surface area is 118 Å². The zero-order chi connectivity index (χ0) is 13.8. The summed E-state index contributed by atoms with van der Waals surface area (Å²) in [5, 5.41) is 0.714. The van der Waals surface area contributed by atoms with Gasteiger partial charge >= 0.3 is 5.97 Å². The van der Waals surface area contributed by atoms with Gasteiger partial charge in [0.15, 0.2) is 0 Å². The summed E-state index contributed by atoms with van der Waals surface area (Å²) in [6, 6.07) is 13.7. The molecule has 3 heteroatoms. The lowest BCUT2D eigenvalue weighted by Crippen LogP contribution is -2.05. The molecule has 0 spiro atoms. The zero-order valence-electron chi connectivity index (χ0n) is 10.9. The first-order valence-corrected chi connectivity index (χ1v) is 6.40. The van der Waals surface area contributed by atoms with E-state index in [9.17, 15) is 4.79 Å². The predicted molar refractivity (Wildman–Crippen MR) is 77.3 cm³/mol. The topological polar surface area (TPSA) is 26.3 Å². The van der Waals surface area contributed by atoms with Crippen molar-refractivity contribution in [2.45, 2.75) is 13.3 Å². The monoisotopic (exact) mass is 274 g/mol. The van der Waals surface area contributed by atoms with E-state index in [0.29, 0.717) is 11.4 Å². The fourth-order valence-electron chi connectivity index (χ4n) is 1.91. The number of aryl methyl sites for hydroxylation is 1. The smallest absolute Gasteiger partial charge is 0.309 e. The van der Waals surface area contributed by atoms with Crippen LogP contribution >= 0.6 is 11.6 Å². The molecule has 2 aromatic rings. The van der Waals surface area contributed by atoms with Crippen molar-refractivity contribution < 1.29 is 9.53 Å². The molecule has 0 bridgehead atoms. The van der Waals surface area contributed by atoms with Gasteiger partial charge < -0.3 is 4.74 Å². The van der Waals surface area contributed by atoms with Gasteiger partial charge in [-0.05, 0) is 41.3 Å². The van der Waals surface area contributed by atoms with Crippen molar-refractivity contribution in [1.29, 1.82) is 0 Å². The van der Waals surface area contributed by atoms with Crippen LogP contribution in [0.4, 0.5) is 0 Å². The molecule has 0 aliphatic heterocycles. The Morgan fingerprint density at radius 2 is 1.74 bits per heavy atom. The second kappa shape index (κ2) is 5.89. The van der Waals surface area contributed by atoms with E-state index >= 15 is 0 Å². The third kappa shape index (κ3) is 3.36. The first kappa shape index (κ1) is 13.6. The Balaban J connectivity index is 2.35. The van der Waals surface area contributed by atoms with E-state index in [-0.39, 0.29) is 5.97 Å². The minimum Gasteiger partial charge on any atom is -0.469 e. The number of benzene rings is 2. The van der Waals surface area contributed by atoms with E-state index in [1.807, 2.05) is 49.4 Å². The number of hydrogen-bond donors (Lipinski definition) is 0. The molecular formula is C16H15ClO2. The van der Waals surface area contributed by atoms with Crippen LogP contribution in [0.2, 0.25) is 5.02 Å². The molecule has 0 amide bonds. The first-order chi connectivity index (χ1) is 9.10. The van der Waals surface area contributed by atoms with Crippen LogP contribution in [0, 0.1) is 6.92 Å². The van der Waals surface area contributed by atoms with Crippen molar-refractivity contribution in [3.63, 3.8) is 0 Å². The molecule has 0 saturated carbocycles. The lowest BCUT2D eigenvalue weighted by Gasteiger charge is -2.08. The number of methoxy groups -OCH3 is 1. The van der Waals surface area contributed by atoms with Crippen molar-refractivity contribution in [2.75, 3.05) is 7.11 Å². The maximum Gasteiger partial charge on any atom is 0.309 e. The van der Waals surface area contributed by atoms with Gasteiger partial charge in [0, 0.05) is 5.02 Å². The van der Waals surface area contributed by atoms with E-state index in [1.54, 1.807) is 0 Å². The summed E-state index contributed by atoms with van der Waals surface area (Å²) < 4.78 is 4.71. The summed E-state index contributed by atoms with van der Waals surface area (Å²) in [5.41, 5.74) is 4.22. The molecular weight excluding hydrogens is 260 g/mol. The molecule has 0 radical (unpaired) electrons. The molecule has 98 valence electrons. The molecule has 0 unspecified atom stereocenters. The van der Waals surface area contributed by atoms with Crippen molar-refractivity contribution in [1.82, 2.24) is 0 Å². The fraction of sp³-hybridized carbons (Fsp3) is 0.188. The highest BCUT2D eigenvalue weighted by molar-refractivity contribution is 6.30. The van der Waals surface area contributed by atoms with Gasteiger partial charge in [-0.15, -0.1) is 0 Å². The van der Waals surface area contributed by atoms with Crippen molar-refractivity contribution in [2.24, 2.45) is 0 Å². The third-order valence-corrected chi connectivity index (χ3v) is 3.34. The Morgan fingerprint density at radius 1 is 1.11 bits per heavy atom. The average Bonchev–Trinajstić information content (AvgIpc) is 2.42. The van der Waals surface area contributed by atoms with Gasteiger partial charge in [0.25, 0.3) is 0 Å². The first-order valence-electron chi connectivity index (χ1n) is 6.02. The van der Waals surface area contributed by atoms with E-state index in [2.05, 4.69) is 0 Å². The lowest BCUT2D eigenvalue weighted by atomic mass is 9.98. The van der Waals surface area contributed by atoms with E-state index in [0.717, 1.165) is 22.3 Å². The molecule has 0 atom stereocenters. The highest BCUT2D eigenvalue weighted by Gasteiger charge is 2.07. The Hall–Kier alpha value is -1.80. The quantitative estimate of drug-likeness (QED) is 0.790. The summed E-state index contributed by atoms with van der Waals surface area (Å²) in [7, 11) is 1.40. The molecule has 0 heterocycles. The van der Waals surface area contributed by atoms with Crippen LogP contribution in [-0.2, 0) is 16.0 Å². The highest BCUT2D eigenvalue weighted by atomic mass is 35.5. The minimum absolute atomic E-state index is 0.226. The van der Waals surface area contributed by atoms with E-state index in [4.69, 9.17) is 16.3 Å². The second-order valence-corrected chi connectivity index (χ2v) is 4.84. The summed E-state index contributed by atoms with van der Waals surface area (Å²) in [6.45, 7) is 1.99. The maximum absolute atomic E-state index is 11.4. The van der Waals surface area contributed by atoms with E-state index in [1.165, 1.54) is 7.11 Å². The second-order valence-electron chi connectivity index (χ2n) is 4.40. The number of halogens is 1. The number of hydrogen-bond acceptors (Lipinski definition) is 2. The summed E-state index contributed by atoms with van der Waals surface area (Å²) in [6.07, 6.45) is 0.295. The van der Waals surface area contributed by atoms with Crippen LogP contribution in [0.1, 0.15) is 11.1 Å². The lowest BCUT2D eigenvalue weighted by molar-refractivity contribution is -0.139. The Bertz CT molecular complexity index is 588. The third-order valence-electron chi connectivity index (χ3n) is 3.09. The summed E-state index contributed by atoms with van der Waals surface area (Å²) in [4.78, 5) is 11.4. The molecule has 2 nitrogen and oxygen atoms in total. The van der Waals surface area contributed by atoms with Crippen LogP contribution in [0.5, 0.6) is 0 Å². The molecule has 0 aliphatic rings. The molecule has 0 saturated heterocycles. The van der Waals surface area contributed by atoms with Gasteiger partial charge in [0.2, 0.25) is 0 Å². The molecule has 0 fully saturated rings.